The van der Waals surface area contributed by atoms with Crippen LogP contribution < -0.4 is 14.4 Å². The predicted molar refractivity (Wildman–Crippen MR) is 166 cm³/mol. The van der Waals surface area contributed by atoms with Crippen LogP contribution in [0.1, 0.15) is 60.0 Å². The number of nitrogens with one attached hydrogen (secondary N) is 1. The molecule has 4 aliphatic rings. The molecule has 9 heteroatoms. The van der Waals surface area contributed by atoms with E-state index in [0.29, 0.717) is 38.3 Å². The van der Waals surface area contributed by atoms with E-state index in [0.717, 1.165) is 42.8 Å². The molecule has 6 rings (SSSR count). The van der Waals surface area contributed by atoms with Gasteiger partial charge in [0.2, 0.25) is 10.0 Å². The van der Waals surface area contributed by atoms with Crippen molar-refractivity contribution in [2.24, 2.45) is 17.8 Å². The van der Waals surface area contributed by atoms with Gasteiger partial charge < -0.3 is 14.7 Å². The molecule has 1 amide bonds. The van der Waals surface area contributed by atoms with Crippen molar-refractivity contribution in [3.05, 3.63) is 83.4 Å². The number of fused-ring (bicyclic) bond motifs is 3. The number of sulfonamides is 1. The maximum atomic E-state index is 13.3. The highest BCUT2D eigenvalue weighted by atomic mass is 35.5. The molecule has 1 heterocycles. The number of amides is 1. The van der Waals surface area contributed by atoms with Gasteiger partial charge in [0.15, 0.2) is 0 Å². The van der Waals surface area contributed by atoms with Crippen LogP contribution in [0, 0.1) is 17.8 Å². The lowest BCUT2D eigenvalue weighted by molar-refractivity contribution is 0.0460. The fourth-order valence-electron chi connectivity index (χ4n) is 7.31. The number of nitrogens with zero attached hydrogens (tertiary/aromatic N) is 1. The normalized spacial score (nSPS) is 28.8. The van der Waals surface area contributed by atoms with E-state index >= 15 is 0 Å². The zero-order valence-corrected chi connectivity index (χ0v) is 25.4. The Morgan fingerprint density at radius 3 is 2.79 bits per heavy atom. The average Bonchev–Trinajstić information content (AvgIpc) is 3.75. The molecule has 224 valence electrons. The number of aliphatic hydroxyl groups excluding tert-OH is 1. The third-order valence-corrected chi connectivity index (χ3v) is 12.0. The smallest absolute Gasteiger partial charge is 0.264 e. The predicted octanol–water partition coefficient (Wildman–Crippen LogP) is 5.41. The number of allylic oxidation sites excluding steroid dienone is 1. The highest BCUT2D eigenvalue weighted by Gasteiger charge is 2.47. The monoisotopic (exact) mass is 610 g/mol. The van der Waals surface area contributed by atoms with Gasteiger partial charge >= 0.3 is 0 Å². The largest absolute Gasteiger partial charge is 0.490 e. The molecule has 2 N–H and O–H groups in total. The van der Waals surface area contributed by atoms with Gasteiger partial charge in [-0.3, -0.25) is 4.79 Å². The molecular weight excluding hydrogens is 572 g/mol. The first-order valence-corrected chi connectivity index (χ1v) is 16.8. The average molecular weight is 611 g/mol. The molecule has 2 fully saturated rings. The van der Waals surface area contributed by atoms with Crippen molar-refractivity contribution in [1.82, 2.24) is 4.72 Å². The molecule has 2 aromatic carbocycles. The van der Waals surface area contributed by atoms with Crippen molar-refractivity contribution in [3.8, 4) is 5.75 Å². The number of hydrogen-bond donors (Lipinski definition) is 2. The van der Waals surface area contributed by atoms with Gasteiger partial charge in [0.25, 0.3) is 5.91 Å². The maximum Gasteiger partial charge on any atom is 0.264 e. The molecule has 42 heavy (non-hydrogen) atoms. The first-order chi connectivity index (χ1) is 20.1. The van der Waals surface area contributed by atoms with Crippen LogP contribution in [0.25, 0.3) is 0 Å². The van der Waals surface area contributed by atoms with Crippen LogP contribution in [-0.2, 0) is 21.9 Å². The molecule has 7 nitrogen and oxygen atoms in total. The SMILES string of the molecule is C=CC[C@@H]1C[C@@H]1S(=O)(=O)NC(=O)c1ccc2c(c1)N(C[C@@H]1CC[C@H]1C(O)C=C)C[C@@]1(CCCc3cc(Cl)ccc31)CO2. The van der Waals surface area contributed by atoms with Gasteiger partial charge in [0.1, 0.15) is 5.75 Å². The minimum absolute atomic E-state index is 0.00881. The lowest BCUT2D eigenvalue weighted by atomic mass is 9.68. The number of hydrogen-bond acceptors (Lipinski definition) is 6. The second-order valence-corrected chi connectivity index (χ2v) is 14.9. The van der Waals surface area contributed by atoms with Crippen LogP contribution >= 0.6 is 11.6 Å². The quantitative estimate of drug-likeness (QED) is 0.369. The lowest BCUT2D eigenvalue weighted by Gasteiger charge is -2.45. The summed E-state index contributed by atoms with van der Waals surface area (Å²) in [4.78, 5) is 15.6. The summed E-state index contributed by atoms with van der Waals surface area (Å²) in [6, 6.07) is 11.3. The van der Waals surface area contributed by atoms with Gasteiger partial charge in [-0.2, -0.15) is 0 Å². The Kier molecular flexibility index (Phi) is 7.92. The fraction of sp³-hybridized carbons (Fsp3) is 0.485. The number of anilines is 1. The second kappa shape index (κ2) is 11.4. The molecule has 0 aromatic heterocycles. The van der Waals surface area contributed by atoms with E-state index in [1.165, 1.54) is 11.1 Å². The Hall–Kier alpha value is -2.81. The summed E-state index contributed by atoms with van der Waals surface area (Å²) in [6.45, 7) is 9.34. The van der Waals surface area contributed by atoms with E-state index < -0.39 is 27.3 Å². The fourth-order valence-corrected chi connectivity index (χ4v) is 9.15. The third-order valence-electron chi connectivity index (χ3n) is 9.87. The first-order valence-electron chi connectivity index (χ1n) is 14.9. The van der Waals surface area contributed by atoms with Crippen LogP contribution in [-0.4, -0.2) is 50.5 Å². The van der Waals surface area contributed by atoms with Crippen LogP contribution in [0.4, 0.5) is 5.69 Å². The number of aryl methyl sites for hydroxylation is 1. The number of carbonyl (C=O) groups is 1. The summed E-state index contributed by atoms with van der Waals surface area (Å²) >= 11 is 6.37. The van der Waals surface area contributed by atoms with E-state index in [1.54, 1.807) is 30.4 Å². The van der Waals surface area contributed by atoms with Gasteiger partial charge in [-0.25, -0.2) is 13.1 Å². The Bertz CT molecular complexity index is 1510. The Morgan fingerprint density at radius 2 is 2.05 bits per heavy atom. The van der Waals surface area contributed by atoms with Gasteiger partial charge in [-0.05, 0) is 104 Å². The molecule has 1 aliphatic heterocycles. The Morgan fingerprint density at radius 1 is 1.21 bits per heavy atom. The lowest BCUT2D eigenvalue weighted by Crippen LogP contribution is -2.49. The maximum absolute atomic E-state index is 13.3. The van der Waals surface area contributed by atoms with Crippen molar-refractivity contribution >= 4 is 33.2 Å². The number of carbonyl (C=O) groups excluding carboxylic acids is 1. The van der Waals surface area contributed by atoms with Crippen LogP contribution in [0.2, 0.25) is 5.02 Å². The molecule has 0 bridgehead atoms. The van der Waals surface area contributed by atoms with Gasteiger partial charge in [-0.15, -0.1) is 13.2 Å². The highest BCUT2D eigenvalue weighted by Crippen LogP contribution is 2.47. The van der Waals surface area contributed by atoms with E-state index in [1.807, 2.05) is 6.07 Å². The van der Waals surface area contributed by atoms with Crippen molar-refractivity contribution < 1.29 is 23.1 Å². The highest BCUT2D eigenvalue weighted by molar-refractivity contribution is 7.91. The van der Waals surface area contributed by atoms with E-state index in [9.17, 15) is 18.3 Å². The zero-order valence-electron chi connectivity index (χ0n) is 23.8. The summed E-state index contributed by atoms with van der Waals surface area (Å²) < 4.78 is 34.6. The summed E-state index contributed by atoms with van der Waals surface area (Å²) in [6.07, 6.45) is 8.79. The number of ether oxygens (including phenoxy) is 1. The molecule has 6 atom stereocenters. The summed E-state index contributed by atoms with van der Waals surface area (Å²) in [5, 5.41) is 10.7. The zero-order chi connectivity index (χ0) is 29.6. The molecule has 0 saturated heterocycles. The van der Waals surface area contributed by atoms with Crippen LogP contribution in [0.3, 0.4) is 0 Å². The topological polar surface area (TPSA) is 95.9 Å². The van der Waals surface area contributed by atoms with Crippen molar-refractivity contribution in [2.75, 3.05) is 24.6 Å². The summed E-state index contributed by atoms with van der Waals surface area (Å²) in [5.74, 6) is 0.420. The van der Waals surface area contributed by atoms with Gasteiger partial charge in [0, 0.05) is 29.1 Å². The van der Waals surface area contributed by atoms with Crippen molar-refractivity contribution in [1.29, 1.82) is 0 Å². The molecule has 3 aliphatic carbocycles. The van der Waals surface area contributed by atoms with Crippen LogP contribution in [0.5, 0.6) is 5.75 Å². The van der Waals surface area contributed by atoms with Crippen LogP contribution in [0.15, 0.2) is 61.7 Å². The van der Waals surface area contributed by atoms with E-state index in [4.69, 9.17) is 16.3 Å². The van der Waals surface area contributed by atoms with E-state index in [-0.39, 0.29) is 28.7 Å². The number of aliphatic hydroxyl groups is 1. The van der Waals surface area contributed by atoms with Gasteiger partial charge in [0.05, 0.1) is 23.6 Å². The molecule has 2 saturated carbocycles. The Balaban J connectivity index is 1.32. The van der Waals surface area contributed by atoms with Crippen molar-refractivity contribution in [3.63, 3.8) is 0 Å². The standard InChI is InChI=1S/C33H39ClN2O5S/c1-3-6-22-17-31(22)42(39,40)35-32(38)23-9-13-30-28(16-23)36(18-24-8-11-26(24)29(37)4-2)19-33(20-41-30)14-5-7-21-15-25(34)10-12-27(21)33/h3-4,9-10,12-13,15-16,22,24,26,29,31,37H,1-2,5-8,11,14,17-20H2,(H,35,38)/t22-,24+,26-,29?,31+,33+/m1/s1. The van der Waals surface area contributed by atoms with Crippen molar-refractivity contribution in [2.45, 2.75) is 61.7 Å². The molecule has 1 spiro atoms. The minimum Gasteiger partial charge on any atom is -0.490 e. The second-order valence-electron chi connectivity index (χ2n) is 12.5. The van der Waals surface area contributed by atoms with Gasteiger partial charge in [-0.1, -0.05) is 29.8 Å². The minimum atomic E-state index is -3.78. The molecule has 0 radical (unpaired) electrons. The molecular formula is C33H39ClN2O5S. The summed E-state index contributed by atoms with van der Waals surface area (Å²) in [5.41, 5.74) is 3.26. The number of rotatable bonds is 9. The van der Waals surface area contributed by atoms with E-state index in [2.05, 4.69) is 34.9 Å². The first kappa shape index (κ1) is 29.3. The molecule has 1 unspecified atom stereocenters. The third kappa shape index (κ3) is 5.49. The number of halogens is 1. The number of benzene rings is 2. The summed E-state index contributed by atoms with van der Waals surface area (Å²) in [7, 11) is -3.78. The Labute approximate surface area is 253 Å². The molecule has 2 aromatic rings.